The third kappa shape index (κ3) is 3.31. The van der Waals surface area contributed by atoms with Gasteiger partial charge in [-0.15, -0.1) is 0 Å². The molecule has 0 spiro atoms. The molecular weight excluding hydrogens is 228 g/mol. The summed E-state index contributed by atoms with van der Waals surface area (Å²) in [4.78, 5) is 25.9. The number of hydrogen-bond acceptors (Lipinski definition) is 3. The van der Waals surface area contributed by atoms with Crippen LogP contribution in [0, 0.1) is 0 Å². The fraction of sp³-hybridized carbons (Fsp3) is 0.857. The van der Waals surface area contributed by atoms with Gasteiger partial charge in [0.15, 0.2) is 0 Å². The number of nitrogens with zero attached hydrogens (tertiary/aromatic N) is 1. The molecule has 0 radical (unpaired) electrons. The Kier molecular flexibility index (Phi) is 3.76. The number of fused-ring (bicyclic) bond motifs is 2. The summed E-state index contributed by atoms with van der Waals surface area (Å²) in [6.45, 7) is 6.42. The van der Waals surface area contributed by atoms with E-state index >= 15 is 0 Å². The molecule has 102 valence electrons. The van der Waals surface area contributed by atoms with Crippen molar-refractivity contribution in [2.75, 3.05) is 6.54 Å². The number of rotatable bonds is 2. The van der Waals surface area contributed by atoms with Crippen LogP contribution in [-0.2, 0) is 9.59 Å². The van der Waals surface area contributed by atoms with Gasteiger partial charge in [0.25, 0.3) is 0 Å². The maximum Gasteiger partial charge on any atom is 0.234 e. The van der Waals surface area contributed by atoms with Crippen LogP contribution >= 0.6 is 0 Å². The van der Waals surface area contributed by atoms with Crippen LogP contribution in [0.5, 0.6) is 0 Å². The van der Waals surface area contributed by atoms with Gasteiger partial charge in [-0.25, -0.2) is 0 Å². The molecule has 0 aromatic carbocycles. The van der Waals surface area contributed by atoms with E-state index in [9.17, 15) is 9.59 Å². The fourth-order valence-corrected chi connectivity index (χ4v) is 3.15. The minimum Gasteiger partial charge on any atom is -0.350 e. The minimum absolute atomic E-state index is 0.0775. The van der Waals surface area contributed by atoms with Crippen LogP contribution in [0.25, 0.3) is 0 Å². The maximum atomic E-state index is 12.0. The molecule has 0 aromatic rings. The molecule has 2 heterocycles. The second-order valence-electron chi connectivity index (χ2n) is 6.66. The van der Waals surface area contributed by atoms with Crippen LogP contribution in [0.4, 0.5) is 0 Å². The molecule has 4 heteroatoms. The predicted molar refractivity (Wildman–Crippen MR) is 70.3 cm³/mol. The first-order valence-electron chi connectivity index (χ1n) is 6.93. The van der Waals surface area contributed by atoms with Crippen molar-refractivity contribution in [2.24, 2.45) is 0 Å². The van der Waals surface area contributed by atoms with E-state index in [2.05, 4.69) is 10.2 Å². The first kappa shape index (κ1) is 13.5. The summed E-state index contributed by atoms with van der Waals surface area (Å²) in [6.07, 6.45) is 4.59. The molecular formula is C14H24N2O2. The van der Waals surface area contributed by atoms with Crippen LogP contribution in [0.15, 0.2) is 0 Å². The summed E-state index contributed by atoms with van der Waals surface area (Å²) >= 11 is 0. The Balaban J connectivity index is 1.96. The van der Waals surface area contributed by atoms with Gasteiger partial charge < -0.3 is 5.32 Å². The third-order valence-electron chi connectivity index (χ3n) is 3.78. The fourth-order valence-electron chi connectivity index (χ4n) is 3.15. The summed E-state index contributed by atoms with van der Waals surface area (Å²) in [7, 11) is 0. The first-order valence-corrected chi connectivity index (χ1v) is 6.93. The summed E-state index contributed by atoms with van der Waals surface area (Å²) < 4.78 is 0. The average Bonchev–Trinajstić information content (AvgIpc) is 2.16. The highest BCUT2D eigenvalue weighted by Gasteiger charge is 2.38. The van der Waals surface area contributed by atoms with Crippen molar-refractivity contribution in [1.82, 2.24) is 10.2 Å². The number of piperidine rings is 2. The Morgan fingerprint density at radius 2 is 1.83 bits per heavy atom. The van der Waals surface area contributed by atoms with Crippen LogP contribution < -0.4 is 5.32 Å². The van der Waals surface area contributed by atoms with Gasteiger partial charge >= 0.3 is 0 Å². The van der Waals surface area contributed by atoms with E-state index in [-0.39, 0.29) is 11.4 Å². The third-order valence-corrected chi connectivity index (χ3v) is 3.78. The zero-order chi connectivity index (χ0) is 13.3. The number of nitrogens with one attached hydrogen (secondary N) is 1. The van der Waals surface area contributed by atoms with Gasteiger partial charge in [0.05, 0.1) is 6.54 Å². The van der Waals surface area contributed by atoms with Crippen LogP contribution in [0.3, 0.4) is 0 Å². The molecule has 2 rings (SSSR count). The van der Waals surface area contributed by atoms with E-state index in [0.717, 1.165) is 12.8 Å². The quantitative estimate of drug-likeness (QED) is 0.810. The molecule has 2 saturated heterocycles. The molecule has 2 aliphatic rings. The SMILES string of the molecule is CC(C)(C)NC(=O)CN1C2CCCC1CC(=O)C2. The molecule has 2 aliphatic heterocycles. The summed E-state index contributed by atoms with van der Waals surface area (Å²) in [5.74, 6) is 0.450. The molecule has 2 bridgehead atoms. The van der Waals surface area contributed by atoms with Crippen molar-refractivity contribution >= 4 is 11.7 Å². The van der Waals surface area contributed by atoms with E-state index in [4.69, 9.17) is 0 Å². The molecule has 0 aromatic heterocycles. The van der Waals surface area contributed by atoms with Crippen molar-refractivity contribution in [2.45, 2.75) is 70.5 Å². The lowest BCUT2D eigenvalue weighted by Crippen LogP contribution is -2.56. The lowest BCUT2D eigenvalue weighted by atomic mass is 9.84. The lowest BCUT2D eigenvalue weighted by Gasteiger charge is -2.45. The minimum atomic E-state index is -0.183. The number of carbonyl (C=O) groups is 2. The molecule has 4 nitrogen and oxygen atoms in total. The van der Waals surface area contributed by atoms with Gasteiger partial charge in [0.2, 0.25) is 5.91 Å². The van der Waals surface area contributed by atoms with Crippen LogP contribution in [-0.4, -0.2) is 40.8 Å². The molecule has 2 unspecified atom stereocenters. The number of ketones is 1. The number of Topliss-reactive ketones (excluding diaryl/α,β-unsaturated/α-hetero) is 1. The number of carbonyl (C=O) groups excluding carboxylic acids is 2. The van der Waals surface area contributed by atoms with Gasteiger partial charge in [0.1, 0.15) is 5.78 Å². The molecule has 1 amide bonds. The van der Waals surface area contributed by atoms with Gasteiger partial charge in [-0.2, -0.15) is 0 Å². The zero-order valence-electron chi connectivity index (χ0n) is 11.7. The summed E-state index contributed by atoms with van der Waals surface area (Å²) in [5, 5.41) is 3.00. The van der Waals surface area contributed by atoms with Gasteiger partial charge in [-0.1, -0.05) is 6.42 Å². The monoisotopic (exact) mass is 252 g/mol. The van der Waals surface area contributed by atoms with Gasteiger partial charge in [-0.3, -0.25) is 14.5 Å². The van der Waals surface area contributed by atoms with Crippen molar-refractivity contribution in [3.63, 3.8) is 0 Å². The number of amides is 1. The van der Waals surface area contributed by atoms with Gasteiger partial charge in [-0.05, 0) is 33.6 Å². The Morgan fingerprint density at radius 3 is 2.33 bits per heavy atom. The topological polar surface area (TPSA) is 49.4 Å². The Bertz CT molecular complexity index is 330. The number of hydrogen-bond donors (Lipinski definition) is 1. The largest absolute Gasteiger partial charge is 0.350 e. The average molecular weight is 252 g/mol. The summed E-state index contributed by atoms with van der Waals surface area (Å²) in [6, 6.07) is 0.603. The van der Waals surface area contributed by atoms with E-state index < -0.39 is 0 Å². The second kappa shape index (κ2) is 5.00. The van der Waals surface area contributed by atoms with Gasteiger partial charge in [0, 0.05) is 30.5 Å². The van der Waals surface area contributed by atoms with E-state index in [1.165, 1.54) is 6.42 Å². The van der Waals surface area contributed by atoms with Crippen LogP contribution in [0.1, 0.15) is 52.9 Å². The van der Waals surface area contributed by atoms with E-state index in [0.29, 0.717) is 37.3 Å². The predicted octanol–water partition coefficient (Wildman–Crippen LogP) is 1.49. The highest BCUT2D eigenvalue weighted by Crippen LogP contribution is 2.31. The molecule has 0 saturated carbocycles. The Hall–Kier alpha value is -0.900. The summed E-state index contributed by atoms with van der Waals surface area (Å²) in [5.41, 5.74) is -0.183. The van der Waals surface area contributed by atoms with Crippen molar-refractivity contribution < 1.29 is 9.59 Å². The Labute approximate surface area is 109 Å². The zero-order valence-corrected chi connectivity index (χ0v) is 11.7. The highest BCUT2D eigenvalue weighted by molar-refractivity contribution is 5.82. The van der Waals surface area contributed by atoms with Crippen molar-refractivity contribution in [3.8, 4) is 0 Å². The van der Waals surface area contributed by atoms with Crippen molar-refractivity contribution in [3.05, 3.63) is 0 Å². The highest BCUT2D eigenvalue weighted by atomic mass is 16.2. The maximum absolute atomic E-state index is 12.0. The first-order chi connectivity index (χ1) is 8.35. The van der Waals surface area contributed by atoms with Crippen LogP contribution in [0.2, 0.25) is 0 Å². The van der Waals surface area contributed by atoms with Crippen molar-refractivity contribution in [1.29, 1.82) is 0 Å². The normalized spacial score (nSPS) is 29.2. The Morgan fingerprint density at radius 1 is 1.28 bits per heavy atom. The molecule has 2 atom stereocenters. The molecule has 2 fully saturated rings. The molecule has 1 N–H and O–H groups in total. The lowest BCUT2D eigenvalue weighted by molar-refractivity contribution is -0.133. The molecule has 18 heavy (non-hydrogen) atoms. The van der Waals surface area contributed by atoms with E-state index in [1.807, 2.05) is 20.8 Å². The standard InChI is InChI=1S/C14H24N2O2/c1-14(2,3)15-13(18)9-16-10-5-4-6-11(16)8-12(17)7-10/h10-11H,4-9H2,1-3H3,(H,15,18). The molecule has 0 aliphatic carbocycles. The van der Waals surface area contributed by atoms with E-state index in [1.54, 1.807) is 0 Å². The smallest absolute Gasteiger partial charge is 0.234 e. The second-order valence-corrected chi connectivity index (χ2v) is 6.66.